The summed E-state index contributed by atoms with van der Waals surface area (Å²) in [6.45, 7) is 8.75. The molecule has 1 N–H and O–H groups in total. The second kappa shape index (κ2) is 6.39. The topological polar surface area (TPSA) is 51.0 Å². The van der Waals surface area contributed by atoms with Crippen molar-refractivity contribution in [1.82, 2.24) is 15.5 Å². The van der Waals surface area contributed by atoms with Crippen LogP contribution in [0.3, 0.4) is 0 Å². The fourth-order valence-corrected chi connectivity index (χ4v) is 2.36. The summed E-state index contributed by atoms with van der Waals surface area (Å²) >= 11 is 0. The van der Waals surface area contributed by atoms with Crippen molar-refractivity contribution in [2.24, 2.45) is 5.41 Å². The molecule has 0 aliphatic carbocycles. The van der Waals surface area contributed by atoms with Crippen LogP contribution in [-0.2, 0) is 12.8 Å². The lowest BCUT2D eigenvalue weighted by Crippen LogP contribution is -2.39. The lowest BCUT2D eigenvalue weighted by atomic mass is 9.85. The number of hydrogen-bond acceptors (Lipinski definition) is 4. The van der Waals surface area contributed by atoms with Crippen molar-refractivity contribution in [2.75, 3.05) is 7.05 Å². The molecule has 2 rings (SSSR count). The van der Waals surface area contributed by atoms with Gasteiger partial charge in [-0.3, -0.25) is 0 Å². The molecule has 4 heteroatoms. The quantitative estimate of drug-likeness (QED) is 0.914. The molecule has 0 amide bonds. The van der Waals surface area contributed by atoms with Gasteiger partial charge in [-0.15, -0.1) is 0 Å². The first kappa shape index (κ1) is 15.7. The molecule has 0 aliphatic heterocycles. The van der Waals surface area contributed by atoms with Crippen molar-refractivity contribution >= 4 is 0 Å². The van der Waals surface area contributed by atoms with Crippen LogP contribution in [0.1, 0.15) is 39.1 Å². The molecule has 0 aliphatic rings. The Morgan fingerprint density at radius 2 is 1.86 bits per heavy atom. The van der Waals surface area contributed by atoms with Crippen LogP contribution >= 0.6 is 0 Å². The van der Waals surface area contributed by atoms with E-state index in [2.05, 4.69) is 55.3 Å². The molecule has 0 radical (unpaired) electrons. The van der Waals surface area contributed by atoms with Gasteiger partial charge in [-0.05, 0) is 24.4 Å². The predicted octanol–water partition coefficient (Wildman–Crippen LogP) is 3.48. The van der Waals surface area contributed by atoms with E-state index in [1.165, 1.54) is 5.56 Å². The average Bonchev–Trinajstić information content (AvgIpc) is 2.92. The van der Waals surface area contributed by atoms with Crippen LogP contribution in [0.15, 0.2) is 28.8 Å². The highest BCUT2D eigenvalue weighted by Crippen LogP contribution is 2.23. The molecule has 2 aromatic rings. The van der Waals surface area contributed by atoms with Crippen molar-refractivity contribution in [3.05, 3.63) is 35.7 Å². The van der Waals surface area contributed by atoms with E-state index in [9.17, 15) is 0 Å². The maximum Gasteiger partial charge on any atom is 0.228 e. The zero-order valence-corrected chi connectivity index (χ0v) is 13.6. The van der Waals surface area contributed by atoms with E-state index in [4.69, 9.17) is 4.52 Å². The van der Waals surface area contributed by atoms with Crippen LogP contribution in [0.4, 0.5) is 0 Å². The zero-order valence-electron chi connectivity index (χ0n) is 13.6. The molecule has 0 saturated carbocycles. The van der Waals surface area contributed by atoms with E-state index in [-0.39, 0.29) is 5.41 Å². The Labute approximate surface area is 127 Å². The zero-order chi connectivity index (χ0) is 15.5. The minimum atomic E-state index is 0.145. The van der Waals surface area contributed by atoms with Crippen molar-refractivity contribution in [2.45, 2.75) is 46.6 Å². The maximum atomic E-state index is 5.40. The summed E-state index contributed by atoms with van der Waals surface area (Å²) in [5.41, 5.74) is 2.45. The van der Waals surface area contributed by atoms with Gasteiger partial charge in [-0.2, -0.15) is 4.98 Å². The minimum Gasteiger partial charge on any atom is -0.339 e. The predicted molar refractivity (Wildman–Crippen MR) is 85.1 cm³/mol. The lowest BCUT2D eigenvalue weighted by molar-refractivity contribution is 0.255. The normalized spacial score (nSPS) is 13.4. The van der Waals surface area contributed by atoms with E-state index < -0.39 is 0 Å². The monoisotopic (exact) mass is 287 g/mol. The second-order valence-corrected chi connectivity index (χ2v) is 6.47. The number of nitrogens with zero attached hydrogens (tertiary/aromatic N) is 2. The highest BCUT2D eigenvalue weighted by atomic mass is 16.5. The van der Waals surface area contributed by atoms with Crippen LogP contribution in [0.2, 0.25) is 0 Å². The molecular weight excluding hydrogens is 262 g/mol. The number of likely N-dealkylation sites (N-methyl/N-ethyl adjacent to an activating group) is 1. The molecule has 0 fully saturated rings. The van der Waals surface area contributed by atoms with Gasteiger partial charge in [-0.1, -0.05) is 57.1 Å². The first-order chi connectivity index (χ1) is 9.94. The summed E-state index contributed by atoms with van der Waals surface area (Å²) in [6, 6.07) is 8.61. The van der Waals surface area contributed by atoms with E-state index in [1.807, 2.05) is 19.2 Å². The van der Waals surface area contributed by atoms with E-state index in [1.54, 1.807) is 0 Å². The summed E-state index contributed by atoms with van der Waals surface area (Å²) in [5, 5.41) is 7.42. The van der Waals surface area contributed by atoms with Gasteiger partial charge in [0, 0.05) is 18.0 Å². The van der Waals surface area contributed by atoms with E-state index >= 15 is 0 Å². The highest BCUT2D eigenvalue weighted by molar-refractivity contribution is 5.54. The van der Waals surface area contributed by atoms with Gasteiger partial charge in [0.1, 0.15) is 0 Å². The molecule has 1 unspecified atom stereocenters. The van der Waals surface area contributed by atoms with Gasteiger partial charge in [0.15, 0.2) is 0 Å². The Morgan fingerprint density at radius 1 is 1.19 bits per heavy atom. The second-order valence-electron chi connectivity index (χ2n) is 6.47. The number of nitrogens with one attached hydrogen (secondary N) is 1. The van der Waals surface area contributed by atoms with Gasteiger partial charge in [0.2, 0.25) is 11.7 Å². The van der Waals surface area contributed by atoms with Crippen LogP contribution in [0.5, 0.6) is 0 Å². The first-order valence-corrected chi connectivity index (χ1v) is 7.53. The lowest BCUT2D eigenvalue weighted by Gasteiger charge is -2.29. The smallest absolute Gasteiger partial charge is 0.228 e. The number of aromatic nitrogens is 2. The molecule has 1 atom stereocenters. The number of aryl methyl sites for hydroxylation is 1. The molecule has 1 aromatic carbocycles. The van der Waals surface area contributed by atoms with E-state index in [0.717, 1.165) is 18.4 Å². The van der Waals surface area contributed by atoms with Crippen LogP contribution in [-0.4, -0.2) is 23.2 Å². The third kappa shape index (κ3) is 3.91. The minimum absolute atomic E-state index is 0.145. The standard InChI is InChI=1S/C17H25N3O/c1-6-12-7-9-13(10-8-12)16-19-15(21-20-16)11-14(18-5)17(2,3)4/h7-10,14,18H,6,11H2,1-5H3. The summed E-state index contributed by atoms with van der Waals surface area (Å²) in [6.07, 6.45) is 1.77. The van der Waals surface area contributed by atoms with Gasteiger partial charge in [0.05, 0.1) is 0 Å². The molecule has 1 aromatic heterocycles. The largest absolute Gasteiger partial charge is 0.339 e. The molecule has 0 saturated heterocycles. The first-order valence-electron chi connectivity index (χ1n) is 7.53. The SMILES string of the molecule is CCc1ccc(-c2noc(CC(NC)C(C)(C)C)n2)cc1. The third-order valence-corrected chi connectivity index (χ3v) is 3.86. The van der Waals surface area contributed by atoms with Gasteiger partial charge in [-0.25, -0.2) is 0 Å². The third-order valence-electron chi connectivity index (χ3n) is 3.86. The highest BCUT2D eigenvalue weighted by Gasteiger charge is 2.25. The van der Waals surface area contributed by atoms with Gasteiger partial charge >= 0.3 is 0 Å². The van der Waals surface area contributed by atoms with Gasteiger partial charge < -0.3 is 9.84 Å². The summed E-state index contributed by atoms with van der Waals surface area (Å²) < 4.78 is 5.40. The molecule has 21 heavy (non-hydrogen) atoms. The van der Waals surface area contributed by atoms with E-state index in [0.29, 0.717) is 17.8 Å². The van der Waals surface area contributed by atoms with Crippen LogP contribution in [0.25, 0.3) is 11.4 Å². The van der Waals surface area contributed by atoms with Gasteiger partial charge in [0.25, 0.3) is 0 Å². The summed E-state index contributed by atoms with van der Waals surface area (Å²) in [5.74, 6) is 1.34. The Balaban J connectivity index is 2.13. The number of benzene rings is 1. The van der Waals surface area contributed by atoms with Crippen molar-refractivity contribution in [3.8, 4) is 11.4 Å². The number of hydrogen-bond donors (Lipinski definition) is 1. The van der Waals surface area contributed by atoms with Crippen molar-refractivity contribution in [3.63, 3.8) is 0 Å². The van der Waals surface area contributed by atoms with Crippen LogP contribution < -0.4 is 5.32 Å². The fourth-order valence-electron chi connectivity index (χ4n) is 2.36. The summed E-state index contributed by atoms with van der Waals surface area (Å²) in [4.78, 5) is 4.52. The Kier molecular flexibility index (Phi) is 4.78. The fraction of sp³-hybridized carbons (Fsp3) is 0.529. The number of rotatable bonds is 5. The van der Waals surface area contributed by atoms with Crippen LogP contribution in [0, 0.1) is 5.41 Å². The van der Waals surface area contributed by atoms with Crippen molar-refractivity contribution in [1.29, 1.82) is 0 Å². The Bertz CT molecular complexity index is 566. The molecule has 0 spiro atoms. The molecule has 4 nitrogen and oxygen atoms in total. The maximum absolute atomic E-state index is 5.40. The Morgan fingerprint density at radius 3 is 2.38 bits per heavy atom. The average molecular weight is 287 g/mol. The molecule has 1 heterocycles. The summed E-state index contributed by atoms with van der Waals surface area (Å²) in [7, 11) is 1.97. The molecular formula is C17H25N3O. The Hall–Kier alpha value is -1.68. The molecule has 0 bridgehead atoms. The molecule has 114 valence electrons. The van der Waals surface area contributed by atoms with Crippen molar-refractivity contribution < 1.29 is 4.52 Å².